The molecule has 4 N–H and O–H groups in total. The molecule has 0 saturated heterocycles. The SMILES string of the molecule is CCN(CC)c1nc(N)nc2c1NC(c1ccc(Cl)cc1)CN2.Cl.Cl. The maximum absolute atomic E-state index is 5.98. The van der Waals surface area contributed by atoms with Crippen LogP contribution in [0.1, 0.15) is 25.5 Å². The van der Waals surface area contributed by atoms with Crippen molar-refractivity contribution in [1.29, 1.82) is 0 Å². The van der Waals surface area contributed by atoms with Crippen LogP contribution in [-0.4, -0.2) is 29.6 Å². The monoisotopic (exact) mass is 404 g/mol. The molecule has 1 aromatic carbocycles. The zero-order valence-electron chi connectivity index (χ0n) is 14.1. The summed E-state index contributed by atoms with van der Waals surface area (Å²) in [5, 5.41) is 7.64. The Morgan fingerprint density at radius 3 is 2.40 bits per heavy atom. The molecule has 1 aromatic heterocycles. The summed E-state index contributed by atoms with van der Waals surface area (Å²) in [6.45, 7) is 6.63. The summed E-state index contributed by atoms with van der Waals surface area (Å²) < 4.78 is 0. The number of halogens is 3. The minimum absolute atomic E-state index is 0. The number of benzene rings is 1. The van der Waals surface area contributed by atoms with Gasteiger partial charge in [-0.15, -0.1) is 24.8 Å². The van der Waals surface area contributed by atoms with Crippen LogP contribution in [0.15, 0.2) is 24.3 Å². The Kier molecular flexibility index (Phi) is 7.86. The molecule has 2 aromatic rings. The molecule has 0 saturated carbocycles. The number of aromatic nitrogens is 2. The predicted molar refractivity (Wildman–Crippen MR) is 111 cm³/mol. The van der Waals surface area contributed by atoms with E-state index in [2.05, 4.69) is 39.3 Å². The number of nitrogens with one attached hydrogen (secondary N) is 2. The summed E-state index contributed by atoms with van der Waals surface area (Å²) in [6.07, 6.45) is 0. The van der Waals surface area contributed by atoms with Gasteiger partial charge in [-0.25, -0.2) is 0 Å². The number of rotatable bonds is 4. The first-order valence-electron chi connectivity index (χ1n) is 7.80. The van der Waals surface area contributed by atoms with E-state index in [0.717, 1.165) is 47.5 Å². The summed E-state index contributed by atoms with van der Waals surface area (Å²) >= 11 is 5.98. The highest BCUT2D eigenvalue weighted by Crippen LogP contribution is 2.37. The molecule has 0 spiro atoms. The van der Waals surface area contributed by atoms with Gasteiger partial charge in [-0.3, -0.25) is 0 Å². The lowest BCUT2D eigenvalue weighted by Gasteiger charge is -2.32. The first kappa shape index (κ1) is 21.4. The quantitative estimate of drug-likeness (QED) is 0.714. The zero-order chi connectivity index (χ0) is 16.4. The fourth-order valence-electron chi connectivity index (χ4n) is 2.80. The highest BCUT2D eigenvalue weighted by molar-refractivity contribution is 6.30. The van der Waals surface area contributed by atoms with Crippen molar-refractivity contribution in [1.82, 2.24) is 9.97 Å². The van der Waals surface area contributed by atoms with Crippen LogP contribution in [0.2, 0.25) is 5.02 Å². The predicted octanol–water partition coefficient (Wildman–Crippen LogP) is 3.98. The molecule has 1 aliphatic rings. The second kappa shape index (κ2) is 9.17. The van der Waals surface area contributed by atoms with Crippen LogP contribution in [0, 0.1) is 0 Å². The van der Waals surface area contributed by atoms with Gasteiger partial charge in [0.15, 0.2) is 11.6 Å². The molecule has 0 fully saturated rings. The van der Waals surface area contributed by atoms with Crippen molar-refractivity contribution in [2.75, 3.05) is 40.9 Å². The summed E-state index contributed by atoms with van der Waals surface area (Å²) in [5.41, 5.74) is 7.92. The maximum Gasteiger partial charge on any atom is 0.224 e. The molecule has 0 aliphatic carbocycles. The molecular formula is C16H23Cl3N6. The van der Waals surface area contributed by atoms with E-state index < -0.39 is 0 Å². The molecule has 6 nitrogen and oxygen atoms in total. The third kappa shape index (κ3) is 4.51. The van der Waals surface area contributed by atoms with E-state index in [1.54, 1.807) is 0 Å². The molecule has 9 heteroatoms. The fourth-order valence-corrected chi connectivity index (χ4v) is 2.92. The number of hydrogen-bond acceptors (Lipinski definition) is 6. The molecule has 1 atom stereocenters. The van der Waals surface area contributed by atoms with Gasteiger partial charge in [-0.2, -0.15) is 9.97 Å². The normalized spacial score (nSPS) is 14.9. The summed E-state index contributed by atoms with van der Waals surface area (Å²) in [6, 6.07) is 7.99. The number of nitrogens with zero attached hydrogens (tertiary/aromatic N) is 3. The van der Waals surface area contributed by atoms with Gasteiger partial charge in [-0.1, -0.05) is 23.7 Å². The highest BCUT2D eigenvalue weighted by Gasteiger charge is 2.25. The highest BCUT2D eigenvalue weighted by atomic mass is 35.5. The van der Waals surface area contributed by atoms with Gasteiger partial charge in [0.1, 0.15) is 5.69 Å². The average Bonchev–Trinajstić information content (AvgIpc) is 2.56. The molecule has 25 heavy (non-hydrogen) atoms. The van der Waals surface area contributed by atoms with Crippen LogP contribution < -0.4 is 21.3 Å². The summed E-state index contributed by atoms with van der Waals surface area (Å²) in [5.74, 6) is 1.87. The second-order valence-electron chi connectivity index (χ2n) is 5.43. The smallest absolute Gasteiger partial charge is 0.224 e. The molecule has 138 valence electrons. The van der Waals surface area contributed by atoms with Crippen molar-refractivity contribution >= 4 is 59.7 Å². The fraction of sp³-hybridized carbons (Fsp3) is 0.375. The Labute approximate surface area is 165 Å². The number of fused-ring (bicyclic) bond motifs is 1. The Bertz CT molecular complexity index is 691. The first-order valence-corrected chi connectivity index (χ1v) is 8.18. The number of nitrogens with two attached hydrogens (primary N) is 1. The molecule has 3 rings (SSSR count). The Hall–Kier alpha value is -1.63. The van der Waals surface area contributed by atoms with Gasteiger partial charge in [0.05, 0.1) is 6.04 Å². The van der Waals surface area contributed by atoms with Gasteiger partial charge in [0.2, 0.25) is 5.95 Å². The van der Waals surface area contributed by atoms with E-state index in [0.29, 0.717) is 0 Å². The van der Waals surface area contributed by atoms with Crippen LogP contribution in [0.25, 0.3) is 0 Å². The third-order valence-corrected chi connectivity index (χ3v) is 4.29. The van der Waals surface area contributed by atoms with Crippen molar-refractivity contribution in [3.05, 3.63) is 34.9 Å². The molecule has 1 aliphatic heterocycles. The molecule has 0 amide bonds. The Morgan fingerprint density at radius 1 is 1.16 bits per heavy atom. The minimum atomic E-state index is 0. The Balaban J connectivity index is 0.00000156. The van der Waals surface area contributed by atoms with Gasteiger partial charge in [0.25, 0.3) is 0 Å². The van der Waals surface area contributed by atoms with Crippen molar-refractivity contribution in [3.8, 4) is 0 Å². The van der Waals surface area contributed by atoms with Gasteiger partial charge in [0, 0.05) is 24.7 Å². The van der Waals surface area contributed by atoms with Gasteiger partial charge in [-0.05, 0) is 31.5 Å². The summed E-state index contributed by atoms with van der Waals surface area (Å²) in [4.78, 5) is 10.9. The maximum atomic E-state index is 5.98. The van der Waals surface area contributed by atoms with Crippen LogP contribution >= 0.6 is 36.4 Å². The standard InChI is InChI=1S/C16H21ClN6.2ClH/c1-3-23(4-2)15-13-14(21-16(18)22-15)19-9-12(20-13)10-5-7-11(17)8-6-10;;/h5-8,12,20H,3-4,9H2,1-2H3,(H3,18,19,21,22);2*1H. The zero-order valence-corrected chi connectivity index (χ0v) is 16.5. The van der Waals surface area contributed by atoms with Crippen LogP contribution in [0.3, 0.4) is 0 Å². The molecule has 1 unspecified atom stereocenters. The van der Waals surface area contributed by atoms with E-state index in [9.17, 15) is 0 Å². The number of hydrogen-bond donors (Lipinski definition) is 3. The second-order valence-corrected chi connectivity index (χ2v) is 5.87. The largest absolute Gasteiger partial charge is 0.370 e. The first-order chi connectivity index (χ1) is 11.1. The molecule has 2 heterocycles. The molecule has 0 bridgehead atoms. The molecular weight excluding hydrogens is 383 g/mol. The van der Waals surface area contributed by atoms with Gasteiger partial charge < -0.3 is 21.3 Å². The van der Waals surface area contributed by atoms with Crippen molar-refractivity contribution < 1.29 is 0 Å². The molecule has 0 radical (unpaired) electrons. The lowest BCUT2D eigenvalue weighted by molar-refractivity contribution is 0.781. The van der Waals surface area contributed by atoms with E-state index in [4.69, 9.17) is 17.3 Å². The van der Waals surface area contributed by atoms with Crippen LogP contribution in [0.5, 0.6) is 0 Å². The lowest BCUT2D eigenvalue weighted by atomic mass is 10.0. The van der Waals surface area contributed by atoms with Crippen LogP contribution in [0.4, 0.5) is 23.3 Å². The average molecular weight is 406 g/mol. The van der Waals surface area contributed by atoms with Crippen molar-refractivity contribution in [2.45, 2.75) is 19.9 Å². The van der Waals surface area contributed by atoms with Crippen molar-refractivity contribution in [2.24, 2.45) is 0 Å². The van der Waals surface area contributed by atoms with Gasteiger partial charge >= 0.3 is 0 Å². The van der Waals surface area contributed by atoms with E-state index in [1.165, 1.54) is 0 Å². The van der Waals surface area contributed by atoms with Crippen molar-refractivity contribution in [3.63, 3.8) is 0 Å². The summed E-state index contributed by atoms with van der Waals surface area (Å²) in [7, 11) is 0. The van der Waals surface area contributed by atoms with E-state index in [1.807, 2.05) is 24.3 Å². The number of anilines is 4. The Morgan fingerprint density at radius 2 is 1.80 bits per heavy atom. The third-order valence-electron chi connectivity index (χ3n) is 4.03. The number of nitrogen functional groups attached to an aromatic ring is 1. The van der Waals surface area contributed by atoms with Crippen LogP contribution in [-0.2, 0) is 0 Å². The lowest BCUT2D eigenvalue weighted by Crippen LogP contribution is -2.31. The minimum Gasteiger partial charge on any atom is -0.370 e. The topological polar surface area (TPSA) is 79.1 Å². The van der Waals surface area contributed by atoms with E-state index >= 15 is 0 Å². The van der Waals surface area contributed by atoms with E-state index in [-0.39, 0.29) is 36.8 Å².